The molecule has 0 saturated carbocycles. The third kappa shape index (κ3) is 6.17. The molecule has 0 aliphatic rings. The van der Waals surface area contributed by atoms with Gasteiger partial charge >= 0.3 is 0 Å². The molecule has 34 heavy (non-hydrogen) atoms. The predicted octanol–water partition coefficient (Wildman–Crippen LogP) is 5.03. The third-order valence-corrected chi connectivity index (χ3v) is 7.39. The van der Waals surface area contributed by atoms with E-state index in [-0.39, 0.29) is 17.5 Å². The largest absolute Gasteiger partial charge is 0.494 e. The standard InChI is InChI=1S/C27H32N2O4S/c1-5-22-9-11-23(12-10-22)21(4)28-27(30)19-29(24-13-15-25(16-14-24)33-6-2)34(31,32)26-17-7-20(3)8-18-26/h7-18,21H,5-6,19H2,1-4H3,(H,28,30)/t21-/m0/s1. The van der Waals surface area contributed by atoms with E-state index in [2.05, 4.69) is 12.2 Å². The van der Waals surface area contributed by atoms with Crippen LogP contribution in [-0.4, -0.2) is 27.5 Å². The van der Waals surface area contributed by atoms with Crippen molar-refractivity contribution in [3.63, 3.8) is 0 Å². The molecule has 1 amide bonds. The predicted molar refractivity (Wildman–Crippen MR) is 136 cm³/mol. The number of hydrogen-bond acceptors (Lipinski definition) is 4. The molecule has 1 atom stereocenters. The average molecular weight is 481 g/mol. The molecule has 0 unspecified atom stereocenters. The van der Waals surface area contributed by atoms with Crippen LogP contribution >= 0.6 is 0 Å². The zero-order chi connectivity index (χ0) is 24.7. The maximum atomic E-state index is 13.5. The van der Waals surface area contributed by atoms with E-state index in [0.717, 1.165) is 21.9 Å². The van der Waals surface area contributed by atoms with Crippen LogP contribution in [-0.2, 0) is 21.2 Å². The molecule has 0 aliphatic carbocycles. The van der Waals surface area contributed by atoms with Crippen molar-refractivity contribution < 1.29 is 17.9 Å². The summed E-state index contributed by atoms with van der Waals surface area (Å²) in [6, 6.07) is 21.1. The Balaban J connectivity index is 1.86. The van der Waals surface area contributed by atoms with E-state index >= 15 is 0 Å². The minimum Gasteiger partial charge on any atom is -0.494 e. The van der Waals surface area contributed by atoms with E-state index in [1.165, 1.54) is 5.56 Å². The Bertz CT molecular complexity index is 1190. The van der Waals surface area contributed by atoms with E-state index in [0.29, 0.717) is 18.0 Å². The topological polar surface area (TPSA) is 75.7 Å². The molecule has 0 bridgehead atoms. The fraction of sp³-hybridized carbons (Fsp3) is 0.296. The van der Waals surface area contributed by atoms with Crippen molar-refractivity contribution in [2.75, 3.05) is 17.5 Å². The van der Waals surface area contributed by atoms with Gasteiger partial charge in [0.15, 0.2) is 0 Å². The first-order valence-electron chi connectivity index (χ1n) is 11.4. The maximum absolute atomic E-state index is 13.5. The SMILES string of the molecule is CCOc1ccc(N(CC(=O)N[C@@H](C)c2ccc(CC)cc2)S(=O)(=O)c2ccc(C)cc2)cc1. The van der Waals surface area contributed by atoms with Gasteiger partial charge < -0.3 is 10.1 Å². The van der Waals surface area contributed by atoms with E-state index < -0.39 is 15.9 Å². The molecule has 7 heteroatoms. The molecule has 0 spiro atoms. The van der Waals surface area contributed by atoms with E-state index in [1.54, 1.807) is 48.5 Å². The summed E-state index contributed by atoms with van der Waals surface area (Å²) in [5.41, 5.74) is 3.51. The molecule has 0 aliphatic heterocycles. The second-order valence-electron chi connectivity index (χ2n) is 8.14. The van der Waals surface area contributed by atoms with E-state index in [9.17, 15) is 13.2 Å². The fourth-order valence-electron chi connectivity index (χ4n) is 3.57. The second kappa shape index (κ2) is 11.2. The number of ether oxygens (including phenoxy) is 1. The van der Waals surface area contributed by atoms with Gasteiger partial charge in [-0.25, -0.2) is 8.42 Å². The van der Waals surface area contributed by atoms with Crippen LogP contribution < -0.4 is 14.4 Å². The van der Waals surface area contributed by atoms with Gasteiger partial charge in [0.25, 0.3) is 10.0 Å². The number of anilines is 1. The van der Waals surface area contributed by atoms with Crippen LogP contribution in [0, 0.1) is 6.92 Å². The zero-order valence-electron chi connectivity index (χ0n) is 20.1. The molecule has 180 valence electrons. The number of aryl methyl sites for hydroxylation is 2. The van der Waals surface area contributed by atoms with Crippen LogP contribution in [0.5, 0.6) is 5.75 Å². The molecule has 3 aromatic carbocycles. The molecular weight excluding hydrogens is 448 g/mol. The Hall–Kier alpha value is -3.32. The van der Waals surface area contributed by atoms with Crippen molar-refractivity contribution in [1.29, 1.82) is 0 Å². The van der Waals surface area contributed by atoms with Crippen molar-refractivity contribution in [3.8, 4) is 5.75 Å². The van der Waals surface area contributed by atoms with Crippen molar-refractivity contribution in [2.24, 2.45) is 0 Å². The van der Waals surface area contributed by atoms with Crippen LogP contribution in [0.2, 0.25) is 0 Å². The number of amides is 1. The van der Waals surface area contributed by atoms with Gasteiger partial charge in [-0.05, 0) is 74.7 Å². The summed E-state index contributed by atoms with van der Waals surface area (Å²) >= 11 is 0. The van der Waals surface area contributed by atoms with Crippen LogP contribution in [0.1, 0.15) is 43.5 Å². The number of nitrogens with one attached hydrogen (secondary N) is 1. The highest BCUT2D eigenvalue weighted by atomic mass is 32.2. The molecule has 0 heterocycles. The first kappa shape index (κ1) is 25.3. The molecular formula is C27H32N2O4S. The maximum Gasteiger partial charge on any atom is 0.264 e. The average Bonchev–Trinajstić information content (AvgIpc) is 2.83. The Morgan fingerprint density at radius 3 is 2.12 bits per heavy atom. The van der Waals surface area contributed by atoms with Crippen LogP contribution in [0.15, 0.2) is 77.7 Å². The number of hydrogen-bond donors (Lipinski definition) is 1. The lowest BCUT2D eigenvalue weighted by molar-refractivity contribution is -0.120. The number of benzene rings is 3. The zero-order valence-corrected chi connectivity index (χ0v) is 20.9. The Morgan fingerprint density at radius 2 is 1.56 bits per heavy atom. The molecule has 0 radical (unpaired) electrons. The van der Waals surface area contributed by atoms with Crippen molar-refractivity contribution in [3.05, 3.63) is 89.5 Å². The highest BCUT2D eigenvalue weighted by molar-refractivity contribution is 7.92. The van der Waals surface area contributed by atoms with Gasteiger partial charge in [0.1, 0.15) is 12.3 Å². The lowest BCUT2D eigenvalue weighted by Gasteiger charge is -2.25. The lowest BCUT2D eigenvalue weighted by Crippen LogP contribution is -2.41. The summed E-state index contributed by atoms with van der Waals surface area (Å²) in [4.78, 5) is 13.1. The molecule has 0 aromatic heterocycles. The minimum absolute atomic E-state index is 0.128. The lowest BCUT2D eigenvalue weighted by atomic mass is 10.1. The Kier molecular flexibility index (Phi) is 8.34. The van der Waals surface area contributed by atoms with Crippen LogP contribution in [0.4, 0.5) is 5.69 Å². The summed E-state index contributed by atoms with van der Waals surface area (Å²) in [6.07, 6.45) is 0.939. The van der Waals surface area contributed by atoms with Gasteiger partial charge in [0.2, 0.25) is 5.91 Å². The van der Waals surface area contributed by atoms with Gasteiger partial charge in [-0.15, -0.1) is 0 Å². The molecule has 3 rings (SSSR count). The van der Waals surface area contributed by atoms with Crippen LogP contribution in [0.25, 0.3) is 0 Å². The quantitative estimate of drug-likeness (QED) is 0.442. The first-order valence-corrected chi connectivity index (χ1v) is 12.9. The minimum atomic E-state index is -3.97. The summed E-state index contributed by atoms with van der Waals surface area (Å²) in [7, 11) is -3.97. The number of carbonyl (C=O) groups is 1. The smallest absolute Gasteiger partial charge is 0.264 e. The number of carbonyl (C=O) groups excluding carboxylic acids is 1. The van der Waals surface area contributed by atoms with Gasteiger partial charge in [-0.1, -0.05) is 48.9 Å². The highest BCUT2D eigenvalue weighted by Gasteiger charge is 2.27. The molecule has 0 saturated heterocycles. The molecule has 0 fully saturated rings. The molecule has 3 aromatic rings. The summed E-state index contributed by atoms with van der Waals surface area (Å²) in [5.74, 6) is 0.240. The summed E-state index contributed by atoms with van der Waals surface area (Å²) < 4.78 is 33.7. The molecule has 6 nitrogen and oxygen atoms in total. The fourth-order valence-corrected chi connectivity index (χ4v) is 4.99. The van der Waals surface area contributed by atoms with Gasteiger partial charge in [0, 0.05) is 0 Å². The van der Waals surface area contributed by atoms with Crippen molar-refractivity contribution in [2.45, 2.75) is 45.1 Å². The van der Waals surface area contributed by atoms with Crippen molar-refractivity contribution in [1.82, 2.24) is 5.32 Å². The Morgan fingerprint density at radius 1 is 0.941 bits per heavy atom. The van der Waals surface area contributed by atoms with Gasteiger partial charge in [-0.2, -0.15) is 0 Å². The Labute approximate surface area is 202 Å². The second-order valence-corrected chi connectivity index (χ2v) is 10.00. The number of sulfonamides is 1. The molecule has 1 N–H and O–H groups in total. The number of rotatable bonds is 10. The first-order chi connectivity index (χ1) is 16.2. The normalized spacial score (nSPS) is 12.1. The van der Waals surface area contributed by atoms with E-state index in [4.69, 9.17) is 4.74 Å². The highest BCUT2D eigenvalue weighted by Crippen LogP contribution is 2.26. The van der Waals surface area contributed by atoms with Gasteiger partial charge in [-0.3, -0.25) is 9.10 Å². The number of nitrogens with zero attached hydrogens (tertiary/aromatic N) is 1. The van der Waals surface area contributed by atoms with Gasteiger partial charge in [0.05, 0.1) is 23.2 Å². The van der Waals surface area contributed by atoms with Crippen molar-refractivity contribution >= 4 is 21.6 Å². The van der Waals surface area contributed by atoms with E-state index in [1.807, 2.05) is 45.0 Å². The monoisotopic (exact) mass is 480 g/mol. The third-order valence-electron chi connectivity index (χ3n) is 5.60. The summed E-state index contributed by atoms with van der Waals surface area (Å²) in [5, 5.41) is 2.93. The van der Waals surface area contributed by atoms with Crippen LogP contribution in [0.3, 0.4) is 0 Å². The summed E-state index contributed by atoms with van der Waals surface area (Å²) in [6.45, 7) is 7.90.